The van der Waals surface area contributed by atoms with Crippen LogP contribution in [0, 0.1) is 6.92 Å². The highest BCUT2D eigenvalue weighted by atomic mass is 16.1. The minimum atomic E-state index is -0.202. The first kappa shape index (κ1) is 22.7. The number of pyridine rings is 3. The Bertz CT molecular complexity index is 1390. The topological polar surface area (TPSA) is 86.3 Å². The molecule has 1 aliphatic rings. The largest absolute Gasteiger partial charge is 0.387 e. The molecule has 0 unspecified atom stereocenters. The number of nitrogens with zero attached hydrogens (tertiary/aromatic N) is 5. The fourth-order valence-electron chi connectivity index (χ4n) is 4.29. The molecule has 4 aromatic rings. The Labute approximate surface area is 206 Å². The van der Waals surface area contributed by atoms with Crippen molar-refractivity contribution in [2.75, 3.05) is 55.8 Å². The number of benzene rings is 1. The van der Waals surface area contributed by atoms with Crippen molar-refractivity contribution in [3.63, 3.8) is 0 Å². The predicted molar refractivity (Wildman–Crippen MR) is 143 cm³/mol. The molecule has 8 heteroatoms. The van der Waals surface area contributed by atoms with E-state index in [0.717, 1.165) is 65.3 Å². The molecule has 0 spiro atoms. The molecule has 0 saturated carbocycles. The summed E-state index contributed by atoms with van der Waals surface area (Å²) in [6, 6.07) is 13.8. The number of anilines is 3. The van der Waals surface area contributed by atoms with Gasteiger partial charge in [-0.05, 0) is 55.3 Å². The SMILES string of the molecule is CNc1cc(-c2ccc3cnc(NC(=O)c4ccnc(N5CCN(C)CC5)c4)cc3c2)cnc1C.[HH]. The summed E-state index contributed by atoms with van der Waals surface area (Å²) in [4.78, 5) is 30.9. The Hall–Kier alpha value is -4.04. The van der Waals surface area contributed by atoms with E-state index in [1.165, 1.54) is 0 Å². The van der Waals surface area contributed by atoms with E-state index in [1.807, 2.05) is 38.4 Å². The smallest absolute Gasteiger partial charge is 0.257 e. The molecule has 1 aliphatic heterocycles. The van der Waals surface area contributed by atoms with Gasteiger partial charge in [0.15, 0.2) is 0 Å². The summed E-state index contributed by atoms with van der Waals surface area (Å²) in [6.45, 7) is 5.74. The molecular formula is C27H31N7O. The fraction of sp³-hybridized carbons (Fsp3) is 0.259. The summed E-state index contributed by atoms with van der Waals surface area (Å²) in [6.07, 6.45) is 5.35. The maximum absolute atomic E-state index is 13.0. The third kappa shape index (κ3) is 4.93. The van der Waals surface area contributed by atoms with Gasteiger partial charge < -0.3 is 20.4 Å². The van der Waals surface area contributed by atoms with Crippen LogP contribution >= 0.6 is 0 Å². The molecule has 1 amide bonds. The number of aromatic nitrogens is 3. The molecule has 1 saturated heterocycles. The number of carbonyl (C=O) groups excluding carboxylic acids is 1. The zero-order valence-corrected chi connectivity index (χ0v) is 20.2. The average molecular weight is 470 g/mol. The Morgan fingerprint density at radius 3 is 2.54 bits per heavy atom. The van der Waals surface area contributed by atoms with Crippen molar-refractivity contribution in [1.29, 1.82) is 0 Å². The Morgan fingerprint density at radius 1 is 0.914 bits per heavy atom. The van der Waals surface area contributed by atoms with Crippen molar-refractivity contribution in [2.45, 2.75) is 6.92 Å². The van der Waals surface area contributed by atoms with Gasteiger partial charge in [0.2, 0.25) is 0 Å². The predicted octanol–water partition coefficient (Wildman–Crippen LogP) is 4.29. The lowest BCUT2D eigenvalue weighted by Crippen LogP contribution is -2.44. The molecule has 5 rings (SSSR count). The number of aryl methyl sites for hydroxylation is 1. The monoisotopic (exact) mass is 469 g/mol. The summed E-state index contributed by atoms with van der Waals surface area (Å²) < 4.78 is 0. The van der Waals surface area contributed by atoms with E-state index in [9.17, 15) is 4.79 Å². The van der Waals surface area contributed by atoms with E-state index in [0.29, 0.717) is 11.4 Å². The average Bonchev–Trinajstić information content (AvgIpc) is 2.89. The standard InChI is InChI=1S/C27H29N7O.H2/c1-18-24(28-2)13-23(17-30-18)19-4-5-21-16-31-25(14-22(21)12-19)32-27(35)20-6-7-29-26(15-20)34-10-8-33(3)9-11-34;/h4-7,12-17,28H,8-11H2,1-3H3,(H,31,32,35);1H. The van der Waals surface area contributed by atoms with Crippen molar-refractivity contribution in [3.8, 4) is 11.1 Å². The number of fused-ring (bicyclic) bond motifs is 1. The number of piperazine rings is 1. The Kier molecular flexibility index (Phi) is 6.29. The highest BCUT2D eigenvalue weighted by Gasteiger charge is 2.17. The van der Waals surface area contributed by atoms with Crippen LogP contribution in [0.2, 0.25) is 0 Å². The van der Waals surface area contributed by atoms with E-state index in [4.69, 9.17) is 0 Å². The molecule has 2 N–H and O–H groups in total. The third-order valence-electron chi connectivity index (χ3n) is 6.49. The van der Waals surface area contributed by atoms with Crippen LogP contribution in [0.25, 0.3) is 21.9 Å². The van der Waals surface area contributed by atoms with Crippen LogP contribution in [0.4, 0.5) is 17.3 Å². The first-order valence-corrected chi connectivity index (χ1v) is 11.8. The van der Waals surface area contributed by atoms with Gasteiger partial charge in [0, 0.05) is 69.8 Å². The molecule has 8 nitrogen and oxygen atoms in total. The second-order valence-corrected chi connectivity index (χ2v) is 8.89. The number of hydrogen-bond acceptors (Lipinski definition) is 7. The van der Waals surface area contributed by atoms with Crippen molar-refractivity contribution in [3.05, 3.63) is 72.3 Å². The first-order chi connectivity index (χ1) is 17.0. The van der Waals surface area contributed by atoms with E-state index in [2.05, 4.69) is 60.6 Å². The number of rotatable bonds is 5. The molecule has 0 bridgehead atoms. The molecule has 180 valence electrons. The zero-order valence-electron chi connectivity index (χ0n) is 20.2. The van der Waals surface area contributed by atoms with Gasteiger partial charge in [-0.15, -0.1) is 0 Å². The Balaban J connectivity index is 0.00000304. The van der Waals surface area contributed by atoms with Crippen molar-refractivity contribution in [2.24, 2.45) is 0 Å². The molecule has 0 aliphatic carbocycles. The number of amides is 1. The lowest BCUT2D eigenvalue weighted by Gasteiger charge is -2.33. The van der Waals surface area contributed by atoms with Gasteiger partial charge in [-0.2, -0.15) is 0 Å². The number of nitrogens with one attached hydrogen (secondary N) is 2. The maximum Gasteiger partial charge on any atom is 0.257 e. The molecule has 3 aromatic heterocycles. The van der Waals surface area contributed by atoms with Crippen LogP contribution in [0.3, 0.4) is 0 Å². The van der Waals surface area contributed by atoms with Crippen LogP contribution in [0.15, 0.2) is 61.1 Å². The van der Waals surface area contributed by atoms with Crippen molar-refractivity contribution < 1.29 is 6.22 Å². The quantitative estimate of drug-likeness (QED) is 0.451. The zero-order chi connectivity index (χ0) is 24.4. The van der Waals surface area contributed by atoms with E-state index < -0.39 is 0 Å². The van der Waals surface area contributed by atoms with E-state index >= 15 is 0 Å². The maximum atomic E-state index is 13.0. The molecule has 1 fully saturated rings. The Morgan fingerprint density at radius 2 is 1.74 bits per heavy atom. The highest BCUT2D eigenvalue weighted by Crippen LogP contribution is 2.28. The third-order valence-corrected chi connectivity index (χ3v) is 6.49. The van der Waals surface area contributed by atoms with Crippen LogP contribution in [-0.4, -0.2) is 66.0 Å². The van der Waals surface area contributed by atoms with Gasteiger partial charge in [0.1, 0.15) is 11.6 Å². The lowest BCUT2D eigenvalue weighted by molar-refractivity contribution is 0.102. The van der Waals surface area contributed by atoms with Crippen molar-refractivity contribution >= 4 is 34.0 Å². The fourth-order valence-corrected chi connectivity index (χ4v) is 4.29. The van der Waals surface area contributed by atoms with Gasteiger partial charge in [-0.3, -0.25) is 9.78 Å². The minimum absolute atomic E-state index is 0. The summed E-state index contributed by atoms with van der Waals surface area (Å²) in [5.74, 6) is 1.14. The molecule has 4 heterocycles. The van der Waals surface area contributed by atoms with Crippen LogP contribution < -0.4 is 15.5 Å². The minimum Gasteiger partial charge on any atom is -0.387 e. The van der Waals surface area contributed by atoms with E-state index in [1.54, 1.807) is 18.5 Å². The van der Waals surface area contributed by atoms with Crippen molar-refractivity contribution in [1.82, 2.24) is 19.9 Å². The second-order valence-electron chi connectivity index (χ2n) is 8.89. The second kappa shape index (κ2) is 9.68. The molecule has 35 heavy (non-hydrogen) atoms. The normalized spacial score (nSPS) is 14.2. The van der Waals surface area contributed by atoms with Crippen LogP contribution in [0.5, 0.6) is 0 Å². The molecule has 0 radical (unpaired) electrons. The number of hydrogen-bond donors (Lipinski definition) is 2. The van der Waals surface area contributed by atoms with Gasteiger partial charge in [-0.1, -0.05) is 12.1 Å². The lowest BCUT2D eigenvalue weighted by atomic mass is 10.0. The molecular weight excluding hydrogens is 438 g/mol. The van der Waals surface area contributed by atoms with Crippen LogP contribution in [-0.2, 0) is 0 Å². The van der Waals surface area contributed by atoms with Crippen LogP contribution in [0.1, 0.15) is 17.5 Å². The summed E-state index contributed by atoms with van der Waals surface area (Å²) in [7, 11) is 4.01. The van der Waals surface area contributed by atoms with Gasteiger partial charge >= 0.3 is 0 Å². The van der Waals surface area contributed by atoms with Gasteiger partial charge in [0.05, 0.1) is 11.4 Å². The molecule has 1 aromatic carbocycles. The number of likely N-dealkylation sites (N-methyl/N-ethyl adjacent to an activating group) is 1. The summed E-state index contributed by atoms with van der Waals surface area (Å²) in [5, 5.41) is 8.13. The number of carbonyl (C=O) groups is 1. The van der Waals surface area contributed by atoms with Gasteiger partial charge in [0.25, 0.3) is 5.91 Å². The molecule has 0 atom stereocenters. The summed E-state index contributed by atoms with van der Waals surface area (Å²) in [5.41, 5.74) is 4.60. The van der Waals surface area contributed by atoms with E-state index in [-0.39, 0.29) is 7.33 Å². The summed E-state index contributed by atoms with van der Waals surface area (Å²) >= 11 is 0. The highest BCUT2D eigenvalue weighted by molar-refractivity contribution is 6.05. The first-order valence-electron chi connectivity index (χ1n) is 11.8. The van der Waals surface area contributed by atoms with Gasteiger partial charge in [-0.25, -0.2) is 9.97 Å².